The van der Waals surface area contributed by atoms with Crippen LogP contribution in [0, 0.1) is 5.41 Å². The first-order valence-corrected chi connectivity index (χ1v) is 7.65. The van der Waals surface area contributed by atoms with Crippen molar-refractivity contribution in [2.45, 2.75) is 32.6 Å². The number of amides is 2. The Morgan fingerprint density at radius 3 is 2.57 bits per heavy atom. The van der Waals surface area contributed by atoms with E-state index < -0.39 is 0 Å². The molecule has 112 valence electrons. The summed E-state index contributed by atoms with van der Waals surface area (Å²) in [7, 11) is 0. The van der Waals surface area contributed by atoms with Gasteiger partial charge in [0.25, 0.3) is 5.91 Å². The summed E-state index contributed by atoms with van der Waals surface area (Å²) in [6, 6.07) is 7.90. The Balaban J connectivity index is 1.70. The molecule has 21 heavy (non-hydrogen) atoms. The molecular weight excluding hydrogens is 264 g/mol. The summed E-state index contributed by atoms with van der Waals surface area (Å²) in [4.78, 5) is 25.9. The molecule has 0 saturated carbocycles. The van der Waals surface area contributed by atoms with E-state index in [-0.39, 0.29) is 17.2 Å². The minimum absolute atomic E-state index is 0.0232. The maximum absolute atomic E-state index is 12.6. The average molecular weight is 286 g/mol. The SMILES string of the molecule is CC(C)c1ccc(C(=O)N2CCC3(CNC(=O)C3)C2)cc1. The van der Waals surface area contributed by atoms with E-state index in [4.69, 9.17) is 0 Å². The van der Waals surface area contributed by atoms with Gasteiger partial charge in [-0.15, -0.1) is 0 Å². The van der Waals surface area contributed by atoms with Gasteiger partial charge < -0.3 is 10.2 Å². The van der Waals surface area contributed by atoms with Crippen molar-refractivity contribution in [3.8, 4) is 0 Å². The number of carbonyl (C=O) groups excluding carboxylic acids is 2. The smallest absolute Gasteiger partial charge is 0.253 e. The molecule has 4 nitrogen and oxygen atoms in total. The first-order chi connectivity index (χ1) is 9.99. The Labute approximate surface area is 125 Å². The van der Waals surface area contributed by atoms with Crippen LogP contribution < -0.4 is 5.32 Å². The van der Waals surface area contributed by atoms with Crippen molar-refractivity contribution in [3.63, 3.8) is 0 Å². The van der Waals surface area contributed by atoms with Crippen LogP contribution in [-0.2, 0) is 4.79 Å². The van der Waals surface area contributed by atoms with Crippen LogP contribution in [0.15, 0.2) is 24.3 Å². The molecule has 1 N–H and O–H groups in total. The molecule has 2 aliphatic rings. The van der Waals surface area contributed by atoms with Gasteiger partial charge in [-0.25, -0.2) is 0 Å². The van der Waals surface area contributed by atoms with Crippen LogP contribution in [0.2, 0.25) is 0 Å². The maximum atomic E-state index is 12.6. The fourth-order valence-electron chi connectivity index (χ4n) is 3.34. The van der Waals surface area contributed by atoms with Crippen LogP contribution >= 0.6 is 0 Å². The van der Waals surface area contributed by atoms with Gasteiger partial charge in [-0.05, 0) is 30.0 Å². The van der Waals surface area contributed by atoms with Gasteiger partial charge in [-0.3, -0.25) is 9.59 Å². The zero-order valence-corrected chi connectivity index (χ0v) is 12.7. The first-order valence-electron chi connectivity index (χ1n) is 7.65. The van der Waals surface area contributed by atoms with Crippen LogP contribution in [0.1, 0.15) is 48.5 Å². The van der Waals surface area contributed by atoms with Gasteiger partial charge in [0.1, 0.15) is 0 Å². The molecule has 0 aromatic heterocycles. The van der Waals surface area contributed by atoms with E-state index in [1.54, 1.807) is 0 Å². The van der Waals surface area contributed by atoms with Crippen LogP contribution in [0.5, 0.6) is 0 Å². The third-order valence-corrected chi connectivity index (χ3v) is 4.75. The van der Waals surface area contributed by atoms with Gasteiger partial charge in [-0.2, -0.15) is 0 Å². The van der Waals surface area contributed by atoms with E-state index in [2.05, 4.69) is 19.2 Å². The molecule has 1 aromatic rings. The van der Waals surface area contributed by atoms with Crippen molar-refractivity contribution in [1.82, 2.24) is 10.2 Å². The standard InChI is InChI=1S/C17H22N2O2/c1-12(2)13-3-5-14(6-4-13)16(21)19-8-7-17(11-19)9-15(20)18-10-17/h3-6,12H,7-11H2,1-2H3,(H,18,20). The summed E-state index contributed by atoms with van der Waals surface area (Å²) in [5, 5.41) is 2.89. The molecular formula is C17H22N2O2. The summed E-state index contributed by atoms with van der Waals surface area (Å²) in [5.74, 6) is 0.673. The molecule has 2 amide bonds. The number of nitrogens with zero attached hydrogens (tertiary/aromatic N) is 1. The minimum atomic E-state index is -0.0232. The number of carbonyl (C=O) groups is 2. The highest BCUT2D eigenvalue weighted by molar-refractivity contribution is 5.94. The Morgan fingerprint density at radius 1 is 1.29 bits per heavy atom. The number of nitrogens with one attached hydrogen (secondary N) is 1. The lowest BCUT2D eigenvalue weighted by molar-refractivity contribution is -0.119. The molecule has 0 radical (unpaired) electrons. The highest BCUT2D eigenvalue weighted by atomic mass is 16.2. The normalized spacial score (nSPS) is 24.9. The van der Waals surface area contributed by atoms with Crippen molar-refractivity contribution in [3.05, 3.63) is 35.4 Å². The number of rotatable bonds is 2. The summed E-state index contributed by atoms with van der Waals surface area (Å²) in [5.41, 5.74) is 1.97. The monoisotopic (exact) mass is 286 g/mol. The van der Waals surface area contributed by atoms with E-state index in [1.807, 2.05) is 29.2 Å². The second kappa shape index (κ2) is 5.17. The predicted octanol–water partition coefficient (Wildman–Crippen LogP) is 2.16. The fourth-order valence-corrected chi connectivity index (χ4v) is 3.34. The van der Waals surface area contributed by atoms with Gasteiger partial charge in [0, 0.05) is 37.0 Å². The van der Waals surface area contributed by atoms with Crippen LogP contribution in [0.25, 0.3) is 0 Å². The van der Waals surface area contributed by atoms with Gasteiger partial charge in [0.05, 0.1) is 0 Å². The third-order valence-electron chi connectivity index (χ3n) is 4.75. The quantitative estimate of drug-likeness (QED) is 0.905. The Bertz CT molecular complexity index is 565. The summed E-state index contributed by atoms with van der Waals surface area (Å²) < 4.78 is 0. The summed E-state index contributed by atoms with van der Waals surface area (Å²) in [6.07, 6.45) is 1.48. The molecule has 0 bridgehead atoms. The predicted molar refractivity (Wildman–Crippen MR) is 81.1 cm³/mol. The lowest BCUT2D eigenvalue weighted by Crippen LogP contribution is -2.33. The molecule has 2 aliphatic heterocycles. The summed E-state index contributed by atoms with van der Waals surface area (Å²) >= 11 is 0. The van der Waals surface area contributed by atoms with E-state index >= 15 is 0 Å². The van der Waals surface area contributed by atoms with E-state index in [9.17, 15) is 9.59 Å². The van der Waals surface area contributed by atoms with Gasteiger partial charge in [0.2, 0.25) is 5.91 Å². The maximum Gasteiger partial charge on any atom is 0.253 e. The van der Waals surface area contributed by atoms with Gasteiger partial charge in [0.15, 0.2) is 0 Å². The average Bonchev–Trinajstić information content (AvgIpc) is 3.05. The highest BCUT2D eigenvalue weighted by Gasteiger charge is 2.45. The van der Waals surface area contributed by atoms with Crippen molar-refractivity contribution < 1.29 is 9.59 Å². The molecule has 2 saturated heterocycles. The molecule has 0 aliphatic carbocycles. The van der Waals surface area contributed by atoms with E-state index in [1.165, 1.54) is 5.56 Å². The third kappa shape index (κ3) is 2.67. The topological polar surface area (TPSA) is 49.4 Å². The first kappa shape index (κ1) is 14.1. The molecule has 1 unspecified atom stereocenters. The van der Waals surface area contributed by atoms with Gasteiger partial charge in [-0.1, -0.05) is 26.0 Å². The molecule has 1 atom stereocenters. The number of likely N-dealkylation sites (tertiary alicyclic amines) is 1. The number of benzene rings is 1. The van der Waals surface area contributed by atoms with Gasteiger partial charge >= 0.3 is 0 Å². The zero-order chi connectivity index (χ0) is 15.0. The zero-order valence-electron chi connectivity index (χ0n) is 12.7. The Morgan fingerprint density at radius 2 is 2.00 bits per heavy atom. The molecule has 2 heterocycles. The second-order valence-corrected chi connectivity index (χ2v) is 6.71. The lowest BCUT2D eigenvalue weighted by Gasteiger charge is -2.22. The molecule has 4 heteroatoms. The summed E-state index contributed by atoms with van der Waals surface area (Å²) in [6.45, 7) is 6.44. The minimum Gasteiger partial charge on any atom is -0.355 e. The highest BCUT2D eigenvalue weighted by Crippen LogP contribution is 2.37. The van der Waals surface area contributed by atoms with E-state index in [0.29, 0.717) is 25.4 Å². The van der Waals surface area contributed by atoms with E-state index in [0.717, 1.165) is 18.5 Å². The van der Waals surface area contributed by atoms with Crippen LogP contribution in [-0.4, -0.2) is 36.3 Å². The largest absolute Gasteiger partial charge is 0.355 e. The Hall–Kier alpha value is -1.84. The molecule has 2 fully saturated rings. The lowest BCUT2D eigenvalue weighted by atomic mass is 9.86. The Kier molecular flexibility index (Phi) is 3.47. The van der Waals surface area contributed by atoms with Crippen LogP contribution in [0.3, 0.4) is 0 Å². The van der Waals surface area contributed by atoms with Crippen molar-refractivity contribution >= 4 is 11.8 Å². The van der Waals surface area contributed by atoms with Crippen molar-refractivity contribution in [1.29, 1.82) is 0 Å². The fraction of sp³-hybridized carbons (Fsp3) is 0.529. The molecule has 1 spiro atoms. The number of hydrogen-bond acceptors (Lipinski definition) is 2. The van der Waals surface area contributed by atoms with Crippen molar-refractivity contribution in [2.75, 3.05) is 19.6 Å². The molecule has 3 rings (SSSR count). The molecule has 1 aromatic carbocycles. The van der Waals surface area contributed by atoms with Crippen LogP contribution in [0.4, 0.5) is 0 Å². The number of hydrogen-bond donors (Lipinski definition) is 1. The van der Waals surface area contributed by atoms with Crippen molar-refractivity contribution in [2.24, 2.45) is 5.41 Å². The second-order valence-electron chi connectivity index (χ2n) is 6.71.